The number of anilines is 2. The highest BCUT2D eigenvalue weighted by Crippen LogP contribution is 2.34. The number of hydrogen-bond donors (Lipinski definition) is 3. The molecule has 1 saturated heterocycles. The molecule has 2 aromatic rings. The monoisotopic (exact) mass is 400 g/mol. The number of phenols is 1. The maximum atomic E-state index is 12.6. The molecule has 144 valence electrons. The van der Waals surface area contributed by atoms with Gasteiger partial charge in [0.05, 0.1) is 16.9 Å². The SMILES string of the molecule is Cc1cccc(N2C(=O)SC(CC(=O)Nc3ccc(O)cc3C(=O)O)C2=O)c1. The lowest BCUT2D eigenvalue weighted by Gasteiger charge is -2.14. The van der Waals surface area contributed by atoms with E-state index in [9.17, 15) is 29.4 Å². The van der Waals surface area contributed by atoms with Gasteiger partial charge >= 0.3 is 5.97 Å². The fourth-order valence-electron chi connectivity index (χ4n) is 2.78. The summed E-state index contributed by atoms with van der Waals surface area (Å²) in [6.45, 7) is 1.84. The molecule has 2 aromatic carbocycles. The highest BCUT2D eigenvalue weighted by molar-refractivity contribution is 8.15. The summed E-state index contributed by atoms with van der Waals surface area (Å²) >= 11 is 0.755. The number of carboxylic acid groups (broad SMARTS) is 1. The number of aromatic carboxylic acids is 1. The van der Waals surface area contributed by atoms with Gasteiger partial charge in [-0.3, -0.25) is 14.4 Å². The van der Waals surface area contributed by atoms with E-state index in [4.69, 9.17) is 0 Å². The molecule has 3 rings (SSSR count). The van der Waals surface area contributed by atoms with E-state index >= 15 is 0 Å². The molecule has 1 fully saturated rings. The Morgan fingerprint density at radius 2 is 1.93 bits per heavy atom. The van der Waals surface area contributed by atoms with Crippen LogP contribution in [0, 0.1) is 6.92 Å². The van der Waals surface area contributed by atoms with Gasteiger partial charge in [0.2, 0.25) is 11.8 Å². The summed E-state index contributed by atoms with van der Waals surface area (Å²) in [5, 5.41) is 19.6. The summed E-state index contributed by atoms with van der Waals surface area (Å²) in [4.78, 5) is 49.5. The van der Waals surface area contributed by atoms with E-state index in [1.807, 2.05) is 13.0 Å². The minimum atomic E-state index is -1.32. The number of hydrogen-bond acceptors (Lipinski definition) is 6. The Bertz CT molecular complexity index is 990. The quantitative estimate of drug-likeness (QED) is 0.659. The van der Waals surface area contributed by atoms with Gasteiger partial charge in [-0.2, -0.15) is 0 Å². The number of nitrogens with one attached hydrogen (secondary N) is 1. The molecule has 1 aliphatic heterocycles. The molecule has 0 aliphatic carbocycles. The molecule has 0 bridgehead atoms. The molecular formula is C19H16N2O6S. The zero-order valence-electron chi connectivity index (χ0n) is 14.7. The van der Waals surface area contributed by atoms with Crippen LogP contribution < -0.4 is 10.2 Å². The van der Waals surface area contributed by atoms with E-state index in [-0.39, 0.29) is 23.4 Å². The maximum absolute atomic E-state index is 12.6. The molecule has 1 heterocycles. The maximum Gasteiger partial charge on any atom is 0.337 e. The number of aromatic hydroxyl groups is 1. The van der Waals surface area contributed by atoms with Crippen molar-refractivity contribution >= 4 is 46.2 Å². The zero-order valence-corrected chi connectivity index (χ0v) is 15.5. The van der Waals surface area contributed by atoms with E-state index in [1.165, 1.54) is 12.1 Å². The summed E-state index contributed by atoms with van der Waals surface area (Å²) in [5.74, 6) is -2.69. The van der Waals surface area contributed by atoms with Crippen LogP contribution in [-0.2, 0) is 9.59 Å². The van der Waals surface area contributed by atoms with Crippen LogP contribution in [0.15, 0.2) is 42.5 Å². The van der Waals surface area contributed by atoms with Crippen LogP contribution >= 0.6 is 11.8 Å². The van der Waals surface area contributed by atoms with Crippen molar-refractivity contribution in [3.63, 3.8) is 0 Å². The number of carbonyl (C=O) groups excluding carboxylic acids is 3. The fourth-order valence-corrected chi connectivity index (χ4v) is 3.76. The first kappa shape index (κ1) is 19.4. The molecule has 0 spiro atoms. The van der Waals surface area contributed by atoms with Crippen LogP contribution in [0.25, 0.3) is 0 Å². The number of benzene rings is 2. The third-order valence-electron chi connectivity index (χ3n) is 4.06. The van der Waals surface area contributed by atoms with Gasteiger partial charge in [0, 0.05) is 6.42 Å². The minimum absolute atomic E-state index is 0.00684. The minimum Gasteiger partial charge on any atom is -0.508 e. The molecule has 3 N–H and O–H groups in total. The summed E-state index contributed by atoms with van der Waals surface area (Å²) in [6, 6.07) is 10.4. The van der Waals surface area contributed by atoms with Crippen molar-refractivity contribution < 1.29 is 29.4 Å². The lowest BCUT2D eigenvalue weighted by atomic mass is 10.1. The third-order valence-corrected chi connectivity index (χ3v) is 5.10. The number of thioether (sulfide) groups is 1. The zero-order chi connectivity index (χ0) is 20.4. The predicted octanol–water partition coefficient (Wildman–Crippen LogP) is 3.00. The van der Waals surface area contributed by atoms with Crippen LogP contribution in [0.3, 0.4) is 0 Å². The number of amides is 3. The van der Waals surface area contributed by atoms with E-state index in [0.29, 0.717) is 5.69 Å². The number of imide groups is 1. The van der Waals surface area contributed by atoms with Crippen molar-refractivity contribution in [1.82, 2.24) is 0 Å². The molecule has 0 aromatic heterocycles. The van der Waals surface area contributed by atoms with Crippen molar-refractivity contribution in [1.29, 1.82) is 0 Å². The predicted molar refractivity (Wildman–Crippen MR) is 104 cm³/mol. The van der Waals surface area contributed by atoms with Gasteiger partial charge in [0.25, 0.3) is 5.24 Å². The van der Waals surface area contributed by atoms with Crippen molar-refractivity contribution in [2.75, 3.05) is 10.2 Å². The van der Waals surface area contributed by atoms with Crippen LogP contribution in [-0.4, -0.2) is 38.5 Å². The van der Waals surface area contributed by atoms with Gasteiger partial charge in [-0.25, -0.2) is 9.69 Å². The topological polar surface area (TPSA) is 124 Å². The Balaban J connectivity index is 1.73. The third kappa shape index (κ3) is 3.99. The smallest absolute Gasteiger partial charge is 0.337 e. The Hall–Kier alpha value is -3.33. The lowest BCUT2D eigenvalue weighted by molar-refractivity contribution is -0.121. The number of aryl methyl sites for hydroxylation is 1. The average Bonchev–Trinajstić information content (AvgIpc) is 2.89. The Labute approximate surface area is 164 Å². The van der Waals surface area contributed by atoms with Crippen molar-refractivity contribution in [3.8, 4) is 5.75 Å². The molecule has 3 amide bonds. The molecule has 1 aliphatic rings. The van der Waals surface area contributed by atoms with Crippen LogP contribution in [0.4, 0.5) is 16.2 Å². The Kier molecular flexibility index (Phi) is 5.36. The van der Waals surface area contributed by atoms with Gasteiger partial charge in [-0.15, -0.1) is 0 Å². The second-order valence-corrected chi connectivity index (χ2v) is 7.33. The molecule has 8 nitrogen and oxygen atoms in total. The van der Waals surface area contributed by atoms with Gasteiger partial charge in [-0.05, 0) is 54.6 Å². The average molecular weight is 400 g/mol. The molecule has 9 heteroatoms. The fraction of sp³-hybridized carbons (Fsp3) is 0.158. The van der Waals surface area contributed by atoms with Gasteiger partial charge < -0.3 is 15.5 Å². The summed E-state index contributed by atoms with van der Waals surface area (Å²) in [7, 11) is 0. The first-order chi connectivity index (χ1) is 13.3. The van der Waals surface area contributed by atoms with Gasteiger partial charge in [0.15, 0.2) is 0 Å². The molecule has 0 radical (unpaired) electrons. The van der Waals surface area contributed by atoms with Crippen molar-refractivity contribution in [3.05, 3.63) is 53.6 Å². The first-order valence-electron chi connectivity index (χ1n) is 8.23. The standard InChI is InChI=1S/C19H16N2O6S/c1-10-3-2-4-11(7-10)21-17(24)15(28-19(21)27)9-16(23)20-14-6-5-12(22)8-13(14)18(25)26/h2-8,15,22H,9H2,1H3,(H,20,23)(H,25,26). The number of phenolic OH excluding ortho intramolecular Hbond substituents is 1. The molecular weight excluding hydrogens is 384 g/mol. The molecule has 28 heavy (non-hydrogen) atoms. The summed E-state index contributed by atoms with van der Waals surface area (Å²) in [5.41, 5.74) is 1.04. The summed E-state index contributed by atoms with van der Waals surface area (Å²) < 4.78 is 0. The first-order valence-corrected chi connectivity index (χ1v) is 9.11. The highest BCUT2D eigenvalue weighted by atomic mass is 32.2. The van der Waals surface area contributed by atoms with Crippen molar-refractivity contribution in [2.45, 2.75) is 18.6 Å². The normalized spacial score (nSPS) is 16.3. The largest absolute Gasteiger partial charge is 0.508 e. The second kappa shape index (κ2) is 7.73. The number of carbonyl (C=O) groups is 4. The Morgan fingerprint density at radius 1 is 1.18 bits per heavy atom. The van der Waals surface area contributed by atoms with Crippen LogP contribution in [0.5, 0.6) is 5.75 Å². The van der Waals surface area contributed by atoms with Gasteiger partial charge in [0.1, 0.15) is 11.0 Å². The number of rotatable bonds is 5. The highest BCUT2D eigenvalue weighted by Gasteiger charge is 2.41. The second-order valence-electron chi connectivity index (χ2n) is 6.17. The Morgan fingerprint density at radius 3 is 2.61 bits per heavy atom. The van der Waals surface area contributed by atoms with Crippen LogP contribution in [0.1, 0.15) is 22.3 Å². The van der Waals surface area contributed by atoms with Crippen LogP contribution in [0.2, 0.25) is 0 Å². The molecule has 1 atom stereocenters. The lowest BCUT2D eigenvalue weighted by Crippen LogP contribution is -2.33. The van der Waals surface area contributed by atoms with E-state index in [1.54, 1.807) is 18.2 Å². The van der Waals surface area contributed by atoms with Gasteiger partial charge in [-0.1, -0.05) is 12.1 Å². The molecule has 0 saturated carbocycles. The van der Waals surface area contributed by atoms with E-state index in [0.717, 1.165) is 28.3 Å². The van der Waals surface area contributed by atoms with Crippen molar-refractivity contribution in [2.24, 2.45) is 0 Å². The van der Waals surface area contributed by atoms with E-state index in [2.05, 4.69) is 5.32 Å². The van der Waals surface area contributed by atoms with E-state index < -0.39 is 28.3 Å². The number of carboxylic acids is 1. The summed E-state index contributed by atoms with van der Waals surface area (Å²) in [6.07, 6.45) is -0.294. The molecule has 1 unspecified atom stereocenters. The number of nitrogens with zero attached hydrogens (tertiary/aromatic N) is 1.